The summed E-state index contributed by atoms with van der Waals surface area (Å²) in [5.41, 5.74) is 1.13. The van der Waals surface area contributed by atoms with Crippen molar-refractivity contribution in [2.24, 2.45) is 0 Å². The van der Waals surface area contributed by atoms with E-state index in [9.17, 15) is 14.4 Å². The Kier molecular flexibility index (Phi) is 2.66. The molecule has 0 aliphatic carbocycles. The van der Waals surface area contributed by atoms with Crippen molar-refractivity contribution >= 4 is 18.3 Å². The summed E-state index contributed by atoms with van der Waals surface area (Å²) in [7, 11) is 0. The van der Waals surface area contributed by atoms with Crippen molar-refractivity contribution in [2.75, 3.05) is 0 Å². The van der Waals surface area contributed by atoms with Gasteiger partial charge in [-0.05, 0) is 0 Å². The minimum Gasteiger partial charge on any atom is -0.464 e. The van der Waals surface area contributed by atoms with Crippen LogP contribution in [0.25, 0.3) is 0 Å². The lowest BCUT2D eigenvalue weighted by atomic mass is 10.9. The highest BCUT2D eigenvalue weighted by molar-refractivity contribution is 5.87. The van der Waals surface area contributed by atoms with Crippen LogP contribution in [0.2, 0.25) is 0 Å². The molecule has 0 saturated carbocycles. The lowest BCUT2D eigenvalue weighted by Crippen LogP contribution is -2.47. The molecule has 4 N–H and O–H groups in total. The summed E-state index contributed by atoms with van der Waals surface area (Å²) in [6.07, 6.45) is -5.60. The molecule has 0 fully saturated rings. The third-order valence-corrected chi connectivity index (χ3v) is 0.590. The van der Waals surface area contributed by atoms with Crippen LogP contribution in [0.3, 0.4) is 0 Å². The van der Waals surface area contributed by atoms with Gasteiger partial charge in [0.05, 0.1) is 0 Å². The van der Waals surface area contributed by atoms with E-state index in [1.807, 2.05) is 0 Å². The molecule has 0 unspecified atom stereocenters. The Bertz CT molecular complexity index is 186. The number of carboxylic acid groups (broad SMARTS) is 3. The first-order chi connectivity index (χ1) is 4.95. The smallest absolute Gasteiger partial charge is 0.436 e. The van der Waals surface area contributed by atoms with E-state index in [0.29, 0.717) is 0 Å². The van der Waals surface area contributed by atoms with Gasteiger partial charge in [0.2, 0.25) is 0 Å². The molecule has 3 amide bonds. The lowest BCUT2D eigenvalue weighted by molar-refractivity contribution is 0.0966. The normalized spacial score (nSPS) is 8.36. The summed E-state index contributed by atoms with van der Waals surface area (Å²) in [6, 6.07) is 0. The van der Waals surface area contributed by atoms with Crippen molar-refractivity contribution in [1.29, 1.82) is 0 Å². The fourth-order valence-electron chi connectivity index (χ4n) is 0.273. The molecule has 0 aliphatic heterocycles. The number of rotatable bonds is 0. The number of nitrogens with one attached hydrogen (secondary N) is 1. The van der Waals surface area contributed by atoms with Crippen molar-refractivity contribution in [1.82, 2.24) is 10.4 Å². The number of carbonyl (C=O) groups is 3. The zero-order chi connectivity index (χ0) is 9.02. The van der Waals surface area contributed by atoms with Gasteiger partial charge in [0.15, 0.2) is 0 Å². The molecule has 0 saturated heterocycles. The highest BCUT2D eigenvalue weighted by Gasteiger charge is 2.21. The van der Waals surface area contributed by atoms with Gasteiger partial charge in [0, 0.05) is 0 Å². The molecule has 0 heterocycles. The van der Waals surface area contributed by atoms with Crippen LogP contribution in [0, 0.1) is 0 Å². The van der Waals surface area contributed by atoms with Crippen molar-refractivity contribution in [2.45, 2.75) is 0 Å². The van der Waals surface area contributed by atoms with E-state index in [2.05, 4.69) is 0 Å². The average Bonchev–Trinajstić information content (AvgIpc) is 1.81. The Hall–Kier alpha value is -1.99. The van der Waals surface area contributed by atoms with Crippen molar-refractivity contribution in [3.63, 3.8) is 0 Å². The van der Waals surface area contributed by atoms with E-state index in [1.165, 1.54) is 0 Å². The molecule has 0 atom stereocenters. The number of imide groups is 1. The Balaban J connectivity index is 4.23. The Labute approximate surface area is 59.6 Å². The fourth-order valence-corrected chi connectivity index (χ4v) is 0.273. The maximum atomic E-state index is 9.90. The van der Waals surface area contributed by atoms with Crippen LogP contribution < -0.4 is 5.43 Å². The molecule has 8 nitrogen and oxygen atoms in total. The van der Waals surface area contributed by atoms with Crippen LogP contribution in [0.4, 0.5) is 14.4 Å². The first-order valence-corrected chi connectivity index (χ1v) is 2.20. The molecule has 62 valence electrons. The second-order valence-electron chi connectivity index (χ2n) is 1.32. The van der Waals surface area contributed by atoms with Gasteiger partial charge in [0.1, 0.15) is 0 Å². The highest BCUT2D eigenvalue weighted by Crippen LogP contribution is 1.84. The maximum absolute atomic E-state index is 9.90. The first-order valence-electron chi connectivity index (χ1n) is 2.20. The van der Waals surface area contributed by atoms with E-state index >= 15 is 0 Å². The topological polar surface area (TPSA) is 127 Å². The first kappa shape index (κ1) is 9.01. The molecular formula is C3H4N2O6. The van der Waals surface area contributed by atoms with Crippen LogP contribution in [-0.2, 0) is 0 Å². The molecule has 0 bridgehead atoms. The monoisotopic (exact) mass is 164 g/mol. The van der Waals surface area contributed by atoms with Gasteiger partial charge in [-0.1, -0.05) is 0 Å². The van der Waals surface area contributed by atoms with Gasteiger partial charge < -0.3 is 15.3 Å². The third-order valence-electron chi connectivity index (χ3n) is 0.590. The molecule has 0 aliphatic rings. The molecule has 11 heavy (non-hydrogen) atoms. The second kappa shape index (κ2) is 3.25. The summed E-state index contributed by atoms with van der Waals surface area (Å²) in [5.74, 6) is 0. The predicted octanol–water partition coefficient (Wildman–Crippen LogP) is -0.173. The average molecular weight is 164 g/mol. The standard InChI is InChI=1S/C3H4N2O6/c6-1(7)4-5(2(8)9)3(10)11/h4H,(H,6,7)(H,8,9)(H,10,11). The van der Waals surface area contributed by atoms with Crippen LogP contribution in [0.5, 0.6) is 0 Å². The van der Waals surface area contributed by atoms with E-state index in [-0.39, 0.29) is 0 Å². The van der Waals surface area contributed by atoms with Gasteiger partial charge in [-0.25, -0.2) is 19.8 Å². The maximum Gasteiger partial charge on any atom is 0.436 e. The molecule has 0 aromatic rings. The summed E-state index contributed by atoms with van der Waals surface area (Å²) in [4.78, 5) is 29.5. The van der Waals surface area contributed by atoms with Gasteiger partial charge in [0.25, 0.3) is 0 Å². The van der Waals surface area contributed by atoms with Gasteiger partial charge in [-0.2, -0.15) is 0 Å². The molecule has 0 aromatic carbocycles. The van der Waals surface area contributed by atoms with E-state index < -0.39 is 23.3 Å². The van der Waals surface area contributed by atoms with Crippen LogP contribution >= 0.6 is 0 Å². The quantitative estimate of drug-likeness (QED) is 0.368. The predicted molar refractivity (Wildman–Crippen MR) is 29.0 cm³/mol. The zero-order valence-electron chi connectivity index (χ0n) is 5.01. The Morgan fingerprint density at radius 3 is 1.45 bits per heavy atom. The molecule has 0 aromatic heterocycles. The number of nitrogens with zero attached hydrogens (tertiary/aromatic N) is 1. The van der Waals surface area contributed by atoms with E-state index in [4.69, 9.17) is 15.3 Å². The SMILES string of the molecule is O=C(O)NN(C(=O)O)C(=O)O. The number of hydrazine groups is 1. The molecule has 8 heteroatoms. The van der Waals surface area contributed by atoms with Crippen molar-refractivity contribution < 1.29 is 29.7 Å². The highest BCUT2D eigenvalue weighted by atomic mass is 16.5. The van der Waals surface area contributed by atoms with Gasteiger partial charge >= 0.3 is 18.3 Å². The largest absolute Gasteiger partial charge is 0.464 e. The Morgan fingerprint density at radius 2 is 1.36 bits per heavy atom. The van der Waals surface area contributed by atoms with Crippen LogP contribution in [0.1, 0.15) is 0 Å². The summed E-state index contributed by atoms with van der Waals surface area (Å²) < 4.78 is 0. The second-order valence-corrected chi connectivity index (χ2v) is 1.32. The van der Waals surface area contributed by atoms with Gasteiger partial charge in [-0.15, -0.1) is 5.01 Å². The third kappa shape index (κ3) is 2.89. The zero-order valence-corrected chi connectivity index (χ0v) is 5.01. The van der Waals surface area contributed by atoms with Crippen LogP contribution in [-0.4, -0.2) is 38.6 Å². The summed E-state index contributed by atoms with van der Waals surface area (Å²) in [5, 5.41) is 23.4. The fraction of sp³-hybridized carbons (Fsp3) is 0. The molecule has 0 rings (SSSR count). The summed E-state index contributed by atoms with van der Waals surface area (Å²) >= 11 is 0. The van der Waals surface area contributed by atoms with E-state index in [0.717, 1.165) is 5.43 Å². The molecule has 0 radical (unpaired) electrons. The number of hydrogen-bond donors (Lipinski definition) is 4. The van der Waals surface area contributed by atoms with Crippen molar-refractivity contribution in [3.05, 3.63) is 0 Å². The van der Waals surface area contributed by atoms with E-state index in [1.54, 1.807) is 0 Å². The molecular weight excluding hydrogens is 160 g/mol. The number of hydrogen-bond acceptors (Lipinski definition) is 3. The Morgan fingerprint density at radius 1 is 1.00 bits per heavy atom. The number of amides is 3. The van der Waals surface area contributed by atoms with Crippen LogP contribution in [0.15, 0.2) is 0 Å². The summed E-state index contributed by atoms with van der Waals surface area (Å²) in [6.45, 7) is 0. The van der Waals surface area contributed by atoms with Gasteiger partial charge in [-0.3, -0.25) is 0 Å². The minimum absolute atomic E-state index is 0.484. The lowest BCUT2D eigenvalue weighted by Gasteiger charge is -2.10. The van der Waals surface area contributed by atoms with Crippen molar-refractivity contribution in [3.8, 4) is 0 Å². The minimum atomic E-state index is -1.92. The molecule has 0 spiro atoms.